The Morgan fingerprint density at radius 1 is 1.23 bits per heavy atom. The summed E-state index contributed by atoms with van der Waals surface area (Å²) in [5.74, 6) is -0.126. The van der Waals surface area contributed by atoms with Crippen LogP contribution >= 0.6 is 0 Å². The van der Waals surface area contributed by atoms with Crippen molar-refractivity contribution in [1.82, 2.24) is 4.90 Å². The molecule has 4 heteroatoms. The summed E-state index contributed by atoms with van der Waals surface area (Å²) in [6, 6.07) is 11.3. The second-order valence-electron chi connectivity index (χ2n) is 7.10. The first-order valence-electron chi connectivity index (χ1n) is 7.58. The van der Waals surface area contributed by atoms with Crippen molar-refractivity contribution in [2.24, 2.45) is 5.41 Å². The Hall–Kier alpha value is -1.86. The Morgan fingerprint density at radius 2 is 1.82 bits per heavy atom. The first kappa shape index (κ1) is 18.2. The van der Waals surface area contributed by atoms with Crippen molar-refractivity contribution in [2.45, 2.75) is 46.1 Å². The smallest absolute Gasteiger partial charge is 0.225 e. The molecule has 4 nitrogen and oxygen atoms in total. The highest BCUT2D eigenvalue weighted by atomic mass is 16.3. The molecule has 0 fully saturated rings. The van der Waals surface area contributed by atoms with Crippen LogP contribution < -0.4 is 0 Å². The van der Waals surface area contributed by atoms with Gasteiger partial charge in [-0.25, -0.2) is 0 Å². The van der Waals surface area contributed by atoms with Crippen molar-refractivity contribution < 1.29 is 9.90 Å². The Labute approximate surface area is 133 Å². The number of hydrogen-bond acceptors (Lipinski definition) is 3. The Bertz CT molecular complexity index is 524. The van der Waals surface area contributed by atoms with E-state index in [4.69, 9.17) is 5.26 Å². The molecule has 1 N–H and O–H groups in total. The fourth-order valence-electron chi connectivity index (χ4n) is 2.36. The van der Waals surface area contributed by atoms with Gasteiger partial charge in [-0.1, -0.05) is 51.1 Å². The normalized spacial score (nSPS) is 14.0. The van der Waals surface area contributed by atoms with Crippen LogP contribution in [0, 0.1) is 16.7 Å². The topological polar surface area (TPSA) is 64.3 Å². The van der Waals surface area contributed by atoms with Gasteiger partial charge in [-0.05, 0) is 17.9 Å². The summed E-state index contributed by atoms with van der Waals surface area (Å²) in [6.45, 7) is 8.77. The van der Waals surface area contributed by atoms with E-state index in [2.05, 4.69) is 26.8 Å². The van der Waals surface area contributed by atoms with Crippen molar-refractivity contribution in [2.75, 3.05) is 13.1 Å². The molecular formula is C18H26N2O2. The first-order chi connectivity index (χ1) is 10.2. The highest BCUT2D eigenvalue weighted by Gasteiger charge is 2.30. The van der Waals surface area contributed by atoms with E-state index >= 15 is 0 Å². The van der Waals surface area contributed by atoms with E-state index < -0.39 is 5.60 Å². The van der Waals surface area contributed by atoms with Crippen LogP contribution in [0.4, 0.5) is 0 Å². The van der Waals surface area contributed by atoms with Gasteiger partial charge in [-0.3, -0.25) is 4.79 Å². The average Bonchev–Trinajstić information content (AvgIpc) is 2.42. The van der Waals surface area contributed by atoms with Gasteiger partial charge in [0, 0.05) is 13.1 Å². The zero-order valence-corrected chi connectivity index (χ0v) is 14.0. The highest BCUT2D eigenvalue weighted by Crippen LogP contribution is 2.26. The molecule has 0 saturated carbocycles. The van der Waals surface area contributed by atoms with Crippen LogP contribution in [-0.2, 0) is 10.4 Å². The van der Waals surface area contributed by atoms with Gasteiger partial charge in [-0.15, -0.1) is 0 Å². The predicted molar refractivity (Wildman–Crippen MR) is 86.9 cm³/mol. The fourth-order valence-corrected chi connectivity index (χ4v) is 2.36. The number of rotatable bonds is 6. The van der Waals surface area contributed by atoms with Crippen molar-refractivity contribution in [3.63, 3.8) is 0 Å². The summed E-state index contributed by atoms with van der Waals surface area (Å²) >= 11 is 0. The lowest BCUT2D eigenvalue weighted by atomic mass is 9.91. The zero-order chi connectivity index (χ0) is 16.8. The summed E-state index contributed by atoms with van der Waals surface area (Å²) in [6.07, 6.45) is 0.313. The Balaban J connectivity index is 2.83. The van der Waals surface area contributed by atoms with Gasteiger partial charge in [0.2, 0.25) is 5.91 Å². The summed E-state index contributed by atoms with van der Waals surface area (Å²) in [5, 5.41) is 19.4. The molecule has 0 radical (unpaired) electrons. The van der Waals surface area contributed by atoms with Gasteiger partial charge in [0.25, 0.3) is 0 Å². The molecule has 0 aliphatic heterocycles. The second-order valence-corrected chi connectivity index (χ2v) is 7.10. The lowest BCUT2D eigenvalue weighted by Gasteiger charge is -2.32. The van der Waals surface area contributed by atoms with Gasteiger partial charge in [0.15, 0.2) is 0 Å². The maximum atomic E-state index is 12.6. The third kappa shape index (κ3) is 5.87. The standard InChI is InChI=1S/C18H26N2O2/c1-17(2,3)14-20(12-8-11-19)16(21)13-18(4,22)15-9-6-5-7-10-15/h5-7,9-10,22H,8,12-14H2,1-4H3. The SMILES string of the molecule is CC(C)(C)CN(CCC#N)C(=O)CC(C)(O)c1ccccc1. The lowest BCUT2D eigenvalue weighted by Crippen LogP contribution is -2.41. The molecule has 0 heterocycles. The molecule has 1 rings (SSSR count). The van der Waals surface area contributed by atoms with Crippen molar-refractivity contribution in [1.29, 1.82) is 5.26 Å². The van der Waals surface area contributed by atoms with Gasteiger partial charge >= 0.3 is 0 Å². The molecule has 1 aromatic rings. The van der Waals surface area contributed by atoms with Crippen LogP contribution in [0.3, 0.4) is 0 Å². The molecule has 0 spiro atoms. The van der Waals surface area contributed by atoms with Gasteiger partial charge < -0.3 is 10.0 Å². The third-order valence-electron chi connectivity index (χ3n) is 3.40. The molecule has 0 aliphatic carbocycles. The van der Waals surface area contributed by atoms with E-state index in [0.29, 0.717) is 19.5 Å². The second kappa shape index (κ2) is 7.42. The van der Waals surface area contributed by atoms with Crippen molar-refractivity contribution in [3.8, 4) is 6.07 Å². The predicted octanol–water partition coefficient (Wildman–Crippen LogP) is 3.07. The summed E-state index contributed by atoms with van der Waals surface area (Å²) in [5.41, 5.74) is -0.537. The molecular weight excluding hydrogens is 276 g/mol. The zero-order valence-electron chi connectivity index (χ0n) is 14.0. The van der Waals surface area contributed by atoms with Gasteiger partial charge in [0.05, 0.1) is 24.5 Å². The van der Waals surface area contributed by atoms with E-state index in [-0.39, 0.29) is 17.7 Å². The van der Waals surface area contributed by atoms with E-state index in [1.54, 1.807) is 11.8 Å². The Kier molecular flexibility index (Phi) is 6.13. The molecule has 1 aromatic carbocycles. The minimum atomic E-state index is -1.21. The quantitative estimate of drug-likeness (QED) is 0.878. The molecule has 0 aliphatic rings. The average molecular weight is 302 g/mol. The van der Waals surface area contributed by atoms with E-state index in [9.17, 15) is 9.90 Å². The number of carbonyl (C=O) groups is 1. The highest BCUT2D eigenvalue weighted by molar-refractivity contribution is 5.77. The van der Waals surface area contributed by atoms with Gasteiger partial charge in [-0.2, -0.15) is 5.26 Å². The summed E-state index contributed by atoms with van der Waals surface area (Å²) in [4.78, 5) is 14.3. The lowest BCUT2D eigenvalue weighted by molar-refractivity contribution is -0.137. The largest absolute Gasteiger partial charge is 0.385 e. The van der Waals surface area contributed by atoms with Crippen molar-refractivity contribution in [3.05, 3.63) is 35.9 Å². The number of hydrogen-bond donors (Lipinski definition) is 1. The molecule has 1 amide bonds. The minimum absolute atomic E-state index is 0.0124. The number of benzene rings is 1. The number of nitrogens with zero attached hydrogens (tertiary/aromatic N) is 2. The number of amides is 1. The maximum Gasteiger partial charge on any atom is 0.225 e. The van der Waals surface area contributed by atoms with Crippen LogP contribution in [0.5, 0.6) is 0 Å². The molecule has 120 valence electrons. The van der Waals surface area contributed by atoms with Crippen LogP contribution in [0.25, 0.3) is 0 Å². The minimum Gasteiger partial charge on any atom is -0.385 e. The van der Waals surface area contributed by atoms with Crippen LogP contribution in [-0.4, -0.2) is 29.0 Å². The van der Waals surface area contributed by atoms with Crippen molar-refractivity contribution >= 4 is 5.91 Å². The molecule has 0 aromatic heterocycles. The first-order valence-corrected chi connectivity index (χ1v) is 7.58. The summed E-state index contributed by atoms with van der Waals surface area (Å²) < 4.78 is 0. The molecule has 0 saturated heterocycles. The molecule has 1 atom stereocenters. The summed E-state index contributed by atoms with van der Waals surface area (Å²) in [7, 11) is 0. The van der Waals surface area contributed by atoms with E-state index in [1.165, 1.54) is 0 Å². The van der Waals surface area contributed by atoms with Crippen LogP contribution in [0.1, 0.15) is 46.1 Å². The molecule has 0 bridgehead atoms. The third-order valence-corrected chi connectivity index (χ3v) is 3.40. The monoisotopic (exact) mass is 302 g/mol. The van der Waals surface area contributed by atoms with E-state index in [1.807, 2.05) is 30.3 Å². The van der Waals surface area contributed by atoms with Gasteiger partial charge in [0.1, 0.15) is 0 Å². The maximum absolute atomic E-state index is 12.6. The van der Waals surface area contributed by atoms with Crippen LogP contribution in [0.15, 0.2) is 30.3 Å². The molecule has 1 unspecified atom stereocenters. The number of aliphatic hydroxyl groups is 1. The van der Waals surface area contributed by atoms with E-state index in [0.717, 1.165) is 5.56 Å². The fraction of sp³-hybridized carbons (Fsp3) is 0.556. The Morgan fingerprint density at radius 3 is 2.32 bits per heavy atom. The molecule has 22 heavy (non-hydrogen) atoms. The van der Waals surface area contributed by atoms with Crippen LogP contribution in [0.2, 0.25) is 0 Å². The number of nitriles is 1. The number of carbonyl (C=O) groups excluding carboxylic acids is 1.